The maximum Gasteiger partial charge on any atom is 0.232 e. The second-order valence-corrected chi connectivity index (χ2v) is 7.67. The normalized spacial score (nSPS) is 16.0. The minimum Gasteiger partial charge on any atom is -0.306 e. The van der Waals surface area contributed by atoms with Crippen molar-refractivity contribution in [1.29, 1.82) is 0 Å². The number of likely N-dealkylation sites (tertiary alicyclic amines) is 1. The van der Waals surface area contributed by atoms with Crippen LogP contribution in [0.1, 0.15) is 47.5 Å². The average Bonchev–Trinajstić information content (AvgIpc) is 3.12. The first-order chi connectivity index (χ1) is 13.2. The van der Waals surface area contributed by atoms with Crippen molar-refractivity contribution in [2.75, 3.05) is 20.1 Å². The van der Waals surface area contributed by atoms with Crippen molar-refractivity contribution < 1.29 is 4.79 Å². The SMILES string of the molecule is CN1CCC(c2ccc3c(c2)ncn3C(=O)CCCc2ccccc2)CC1. The van der Waals surface area contributed by atoms with Crippen LogP contribution < -0.4 is 0 Å². The quantitative estimate of drug-likeness (QED) is 0.671. The van der Waals surface area contributed by atoms with Crippen LogP contribution in [0.4, 0.5) is 0 Å². The van der Waals surface area contributed by atoms with E-state index < -0.39 is 0 Å². The molecule has 0 N–H and O–H groups in total. The molecule has 2 aromatic carbocycles. The summed E-state index contributed by atoms with van der Waals surface area (Å²) in [5, 5.41) is 0. The molecule has 0 radical (unpaired) electrons. The maximum atomic E-state index is 12.7. The molecule has 27 heavy (non-hydrogen) atoms. The van der Waals surface area contributed by atoms with Crippen LogP contribution in [0.5, 0.6) is 0 Å². The second-order valence-electron chi connectivity index (χ2n) is 7.67. The summed E-state index contributed by atoms with van der Waals surface area (Å²) in [4.78, 5) is 19.5. The summed E-state index contributed by atoms with van der Waals surface area (Å²) in [5.41, 5.74) is 4.50. The number of fused-ring (bicyclic) bond motifs is 1. The molecule has 4 heteroatoms. The van der Waals surface area contributed by atoms with Crippen LogP contribution in [0.15, 0.2) is 54.9 Å². The van der Waals surface area contributed by atoms with Gasteiger partial charge in [-0.15, -0.1) is 0 Å². The van der Waals surface area contributed by atoms with E-state index in [2.05, 4.69) is 47.3 Å². The average molecular weight is 361 g/mol. The predicted molar refractivity (Wildman–Crippen MR) is 109 cm³/mol. The van der Waals surface area contributed by atoms with Crippen molar-refractivity contribution in [2.45, 2.75) is 38.0 Å². The number of imidazole rings is 1. The van der Waals surface area contributed by atoms with Gasteiger partial charge in [-0.1, -0.05) is 36.4 Å². The van der Waals surface area contributed by atoms with Crippen molar-refractivity contribution in [3.63, 3.8) is 0 Å². The molecule has 0 saturated carbocycles. The number of nitrogens with zero attached hydrogens (tertiary/aromatic N) is 3. The largest absolute Gasteiger partial charge is 0.306 e. The lowest BCUT2D eigenvalue weighted by molar-refractivity contribution is 0.0905. The fourth-order valence-electron chi connectivity index (χ4n) is 4.03. The fraction of sp³-hybridized carbons (Fsp3) is 0.391. The minimum atomic E-state index is 0.125. The third-order valence-electron chi connectivity index (χ3n) is 5.73. The lowest BCUT2D eigenvalue weighted by Crippen LogP contribution is -2.29. The minimum absolute atomic E-state index is 0.125. The first-order valence-corrected chi connectivity index (χ1v) is 9.93. The number of aryl methyl sites for hydroxylation is 1. The zero-order chi connectivity index (χ0) is 18.6. The molecule has 1 saturated heterocycles. The Hall–Kier alpha value is -2.46. The van der Waals surface area contributed by atoms with E-state index in [0.717, 1.165) is 37.0 Å². The molecule has 1 fully saturated rings. The van der Waals surface area contributed by atoms with E-state index in [1.807, 2.05) is 18.2 Å². The molecule has 2 heterocycles. The van der Waals surface area contributed by atoms with Gasteiger partial charge in [0.05, 0.1) is 11.0 Å². The van der Waals surface area contributed by atoms with Crippen LogP contribution in [0.2, 0.25) is 0 Å². The predicted octanol–water partition coefficient (Wildman–Crippen LogP) is 4.51. The van der Waals surface area contributed by atoms with Gasteiger partial charge in [0.15, 0.2) is 0 Å². The Kier molecular flexibility index (Phi) is 5.35. The summed E-state index contributed by atoms with van der Waals surface area (Å²) in [5.74, 6) is 0.734. The molecular weight excluding hydrogens is 334 g/mol. The Morgan fingerprint density at radius 1 is 1.11 bits per heavy atom. The van der Waals surface area contributed by atoms with Crippen LogP contribution in [-0.4, -0.2) is 40.5 Å². The standard InChI is InChI=1S/C23H27N3O/c1-25-14-12-19(13-15-25)20-10-11-22-21(16-20)24-17-26(22)23(27)9-5-8-18-6-3-2-4-7-18/h2-4,6-7,10-11,16-17,19H,5,8-9,12-15H2,1H3. The summed E-state index contributed by atoms with van der Waals surface area (Å²) in [7, 11) is 2.19. The Bertz CT molecular complexity index is 908. The van der Waals surface area contributed by atoms with Gasteiger partial charge in [-0.2, -0.15) is 0 Å². The van der Waals surface area contributed by atoms with Gasteiger partial charge in [0.25, 0.3) is 0 Å². The number of rotatable bonds is 5. The summed E-state index contributed by atoms with van der Waals surface area (Å²) < 4.78 is 1.72. The van der Waals surface area contributed by atoms with Gasteiger partial charge in [-0.05, 0) is 75.0 Å². The lowest BCUT2D eigenvalue weighted by Gasteiger charge is -2.29. The zero-order valence-electron chi connectivity index (χ0n) is 16.0. The number of hydrogen-bond acceptors (Lipinski definition) is 3. The van der Waals surface area contributed by atoms with E-state index in [9.17, 15) is 4.79 Å². The smallest absolute Gasteiger partial charge is 0.232 e. The topological polar surface area (TPSA) is 38.1 Å². The van der Waals surface area contributed by atoms with E-state index in [0.29, 0.717) is 12.3 Å². The maximum absolute atomic E-state index is 12.7. The Balaban J connectivity index is 1.42. The molecule has 140 valence electrons. The van der Waals surface area contributed by atoms with Crippen LogP contribution in [0.25, 0.3) is 11.0 Å². The lowest BCUT2D eigenvalue weighted by atomic mass is 9.89. The van der Waals surface area contributed by atoms with E-state index in [1.54, 1.807) is 10.9 Å². The number of hydrogen-bond donors (Lipinski definition) is 0. The number of carbonyl (C=O) groups excluding carboxylic acids is 1. The molecule has 0 amide bonds. The Morgan fingerprint density at radius 2 is 1.89 bits per heavy atom. The summed E-state index contributed by atoms with van der Waals surface area (Å²) >= 11 is 0. The highest BCUT2D eigenvalue weighted by atomic mass is 16.2. The van der Waals surface area contributed by atoms with Gasteiger partial charge in [-0.3, -0.25) is 9.36 Å². The van der Waals surface area contributed by atoms with E-state index >= 15 is 0 Å². The number of benzene rings is 2. The summed E-state index contributed by atoms with van der Waals surface area (Å²) in [6.07, 6.45) is 6.41. The molecule has 1 aliphatic heterocycles. The fourth-order valence-corrected chi connectivity index (χ4v) is 4.03. The van der Waals surface area contributed by atoms with Crippen LogP contribution in [0.3, 0.4) is 0 Å². The first kappa shape index (κ1) is 17.9. The zero-order valence-corrected chi connectivity index (χ0v) is 16.0. The van der Waals surface area contributed by atoms with Crippen LogP contribution in [0, 0.1) is 0 Å². The molecule has 0 aliphatic carbocycles. The van der Waals surface area contributed by atoms with E-state index in [1.165, 1.54) is 24.0 Å². The second kappa shape index (κ2) is 8.05. The molecule has 4 rings (SSSR count). The Labute approximate surface area is 160 Å². The molecule has 1 aliphatic rings. The molecular formula is C23H27N3O. The highest BCUT2D eigenvalue weighted by molar-refractivity contribution is 5.90. The summed E-state index contributed by atoms with van der Waals surface area (Å²) in [6, 6.07) is 16.8. The van der Waals surface area contributed by atoms with Gasteiger partial charge in [0, 0.05) is 6.42 Å². The van der Waals surface area contributed by atoms with Gasteiger partial charge >= 0.3 is 0 Å². The van der Waals surface area contributed by atoms with Gasteiger partial charge in [0.2, 0.25) is 5.91 Å². The molecule has 4 nitrogen and oxygen atoms in total. The van der Waals surface area contributed by atoms with Crippen LogP contribution >= 0.6 is 0 Å². The highest BCUT2D eigenvalue weighted by Crippen LogP contribution is 2.29. The monoisotopic (exact) mass is 361 g/mol. The highest BCUT2D eigenvalue weighted by Gasteiger charge is 2.19. The van der Waals surface area contributed by atoms with Crippen molar-refractivity contribution in [3.05, 3.63) is 66.0 Å². The van der Waals surface area contributed by atoms with Crippen molar-refractivity contribution >= 4 is 16.9 Å². The number of piperidine rings is 1. The number of aromatic nitrogens is 2. The molecule has 0 atom stereocenters. The molecule has 0 spiro atoms. The molecule has 3 aromatic rings. The van der Waals surface area contributed by atoms with Gasteiger partial charge in [0.1, 0.15) is 6.33 Å². The van der Waals surface area contributed by atoms with Gasteiger partial charge in [-0.25, -0.2) is 4.98 Å². The van der Waals surface area contributed by atoms with Crippen molar-refractivity contribution in [2.24, 2.45) is 0 Å². The van der Waals surface area contributed by atoms with E-state index in [4.69, 9.17) is 0 Å². The Morgan fingerprint density at radius 3 is 2.67 bits per heavy atom. The molecule has 0 unspecified atom stereocenters. The van der Waals surface area contributed by atoms with E-state index in [-0.39, 0.29) is 5.91 Å². The molecule has 0 bridgehead atoms. The van der Waals surface area contributed by atoms with Crippen LogP contribution in [-0.2, 0) is 6.42 Å². The molecule has 1 aromatic heterocycles. The van der Waals surface area contributed by atoms with Crippen molar-refractivity contribution in [1.82, 2.24) is 14.5 Å². The van der Waals surface area contributed by atoms with Gasteiger partial charge < -0.3 is 4.90 Å². The summed E-state index contributed by atoms with van der Waals surface area (Å²) in [6.45, 7) is 2.30. The van der Waals surface area contributed by atoms with Crippen molar-refractivity contribution in [3.8, 4) is 0 Å². The third-order valence-corrected chi connectivity index (χ3v) is 5.73. The first-order valence-electron chi connectivity index (χ1n) is 9.93. The number of carbonyl (C=O) groups is 1. The third kappa shape index (κ3) is 4.11.